The lowest BCUT2D eigenvalue weighted by Gasteiger charge is -2.44. The third kappa shape index (κ3) is 1.49. The van der Waals surface area contributed by atoms with Gasteiger partial charge < -0.3 is 9.69 Å². The fraction of sp³-hybridized carbons (Fsp3) is 0.667. The van der Waals surface area contributed by atoms with Crippen molar-refractivity contribution in [3.05, 3.63) is 6.92 Å². The molecule has 0 aromatic heterocycles. The average molecular weight is 167 g/mol. The van der Waals surface area contributed by atoms with Gasteiger partial charge in [0.2, 0.25) is 5.91 Å². The number of rotatable bonds is 2. The molecule has 0 spiro atoms. The number of amides is 1. The summed E-state index contributed by atoms with van der Waals surface area (Å²) in [5, 5.41) is 0. The molecule has 3 nitrogen and oxygen atoms in total. The first-order valence-electron chi connectivity index (χ1n) is 4.02. The zero-order valence-corrected chi connectivity index (χ0v) is 7.41. The van der Waals surface area contributed by atoms with Gasteiger partial charge in [-0.25, -0.2) is 0 Å². The topological polar surface area (TPSA) is 37.4 Å². The van der Waals surface area contributed by atoms with Crippen LogP contribution >= 0.6 is 0 Å². The fourth-order valence-electron chi connectivity index (χ4n) is 1.26. The van der Waals surface area contributed by atoms with Crippen molar-refractivity contribution in [2.45, 2.75) is 13.8 Å². The van der Waals surface area contributed by atoms with Crippen LogP contribution in [0.5, 0.6) is 0 Å². The Morgan fingerprint density at radius 2 is 2.08 bits per heavy atom. The maximum Gasteiger partial charge on any atom is 0.225 e. The molecule has 0 unspecified atom stereocenters. The maximum absolute atomic E-state index is 11.3. The van der Waals surface area contributed by atoms with Gasteiger partial charge in [0.1, 0.15) is 6.29 Å². The Bertz CT molecular complexity index is 205. The molecule has 12 heavy (non-hydrogen) atoms. The van der Waals surface area contributed by atoms with E-state index in [0.717, 1.165) is 6.29 Å². The van der Waals surface area contributed by atoms with E-state index in [1.807, 2.05) is 13.8 Å². The second-order valence-corrected chi connectivity index (χ2v) is 3.70. The normalized spacial score (nSPS) is 20.5. The summed E-state index contributed by atoms with van der Waals surface area (Å²) >= 11 is 0. The Morgan fingerprint density at radius 1 is 1.58 bits per heavy atom. The first kappa shape index (κ1) is 9.23. The van der Waals surface area contributed by atoms with Gasteiger partial charge in [0.25, 0.3) is 0 Å². The maximum atomic E-state index is 11.3. The van der Waals surface area contributed by atoms with Gasteiger partial charge in [0, 0.05) is 19.0 Å². The summed E-state index contributed by atoms with van der Waals surface area (Å²) in [6.45, 7) is 9.97. The van der Waals surface area contributed by atoms with Crippen molar-refractivity contribution in [2.75, 3.05) is 13.1 Å². The largest absolute Gasteiger partial charge is 0.340 e. The van der Waals surface area contributed by atoms with Gasteiger partial charge in [-0.3, -0.25) is 4.79 Å². The van der Waals surface area contributed by atoms with Crippen LogP contribution in [0.15, 0.2) is 0 Å². The number of carbonyl (C=O) groups is 2. The van der Waals surface area contributed by atoms with Crippen LogP contribution in [0.4, 0.5) is 0 Å². The zero-order chi connectivity index (χ0) is 9.35. The van der Waals surface area contributed by atoms with Crippen LogP contribution in [0.1, 0.15) is 13.8 Å². The molecular weight excluding hydrogens is 154 g/mol. The minimum absolute atomic E-state index is 0.0128. The lowest BCUT2D eigenvalue weighted by molar-refractivity contribution is -0.146. The van der Waals surface area contributed by atoms with Crippen LogP contribution < -0.4 is 0 Å². The molecule has 0 aromatic carbocycles. The molecule has 0 atom stereocenters. The predicted octanol–water partition coefficient (Wildman–Crippen LogP) is 0.381. The lowest BCUT2D eigenvalue weighted by Crippen LogP contribution is -2.58. The van der Waals surface area contributed by atoms with Gasteiger partial charge in [0.05, 0.1) is 5.41 Å². The summed E-state index contributed by atoms with van der Waals surface area (Å²) in [5.74, 6) is 0.0547. The standard InChI is InChI=1S/C9H13NO2/c1-7(2)8(12)10-4-9(3,5-10)6-11/h3,6-7H,4-5H2,1-2H3. The Balaban J connectivity index is 2.44. The molecule has 1 rings (SSSR count). The third-order valence-corrected chi connectivity index (χ3v) is 2.01. The molecule has 0 aliphatic carbocycles. The van der Waals surface area contributed by atoms with Crippen molar-refractivity contribution < 1.29 is 9.59 Å². The quantitative estimate of drug-likeness (QED) is 0.557. The first-order chi connectivity index (χ1) is 5.48. The van der Waals surface area contributed by atoms with Crippen LogP contribution in [0, 0.1) is 18.3 Å². The smallest absolute Gasteiger partial charge is 0.225 e. The highest BCUT2D eigenvalue weighted by Gasteiger charge is 2.41. The van der Waals surface area contributed by atoms with E-state index in [9.17, 15) is 9.59 Å². The van der Waals surface area contributed by atoms with Gasteiger partial charge >= 0.3 is 0 Å². The Hall–Kier alpha value is -0.860. The van der Waals surface area contributed by atoms with E-state index >= 15 is 0 Å². The minimum Gasteiger partial charge on any atom is -0.340 e. The average Bonchev–Trinajstić information content (AvgIpc) is 1.97. The minimum atomic E-state index is -0.773. The second kappa shape index (κ2) is 2.88. The van der Waals surface area contributed by atoms with Crippen molar-refractivity contribution in [3.8, 4) is 0 Å². The SMILES string of the molecule is [CH]C1(C=O)CN(C(=O)C(C)C)C1. The third-order valence-electron chi connectivity index (χ3n) is 2.01. The molecular formula is C9H13NO2. The number of carbonyl (C=O) groups excluding carboxylic acids is 2. The number of likely N-dealkylation sites (tertiary alicyclic amines) is 1. The van der Waals surface area contributed by atoms with Crippen LogP contribution in [0.25, 0.3) is 0 Å². The van der Waals surface area contributed by atoms with Crippen LogP contribution in [0.3, 0.4) is 0 Å². The Morgan fingerprint density at radius 3 is 2.42 bits per heavy atom. The highest BCUT2D eigenvalue weighted by molar-refractivity contribution is 5.81. The first-order valence-corrected chi connectivity index (χ1v) is 4.02. The van der Waals surface area contributed by atoms with Gasteiger partial charge in [0.15, 0.2) is 0 Å². The molecule has 3 heteroatoms. The highest BCUT2D eigenvalue weighted by Crippen LogP contribution is 2.27. The van der Waals surface area contributed by atoms with E-state index in [-0.39, 0.29) is 11.8 Å². The van der Waals surface area contributed by atoms with E-state index in [2.05, 4.69) is 0 Å². The number of nitrogens with zero attached hydrogens (tertiary/aromatic N) is 1. The molecule has 0 saturated carbocycles. The van der Waals surface area contributed by atoms with Crippen LogP contribution in [-0.4, -0.2) is 30.2 Å². The molecule has 1 heterocycles. The van der Waals surface area contributed by atoms with Crippen molar-refractivity contribution in [1.29, 1.82) is 0 Å². The second-order valence-electron chi connectivity index (χ2n) is 3.70. The number of hydrogen-bond acceptors (Lipinski definition) is 2. The molecule has 1 saturated heterocycles. The molecule has 66 valence electrons. The van der Waals surface area contributed by atoms with Gasteiger partial charge in [-0.1, -0.05) is 13.8 Å². The fourth-order valence-corrected chi connectivity index (χ4v) is 1.26. The summed E-state index contributed by atoms with van der Waals surface area (Å²) in [6.07, 6.45) is 0.719. The molecule has 1 fully saturated rings. The highest BCUT2D eigenvalue weighted by atomic mass is 16.2. The summed E-state index contributed by atoms with van der Waals surface area (Å²) in [4.78, 5) is 23.3. The molecule has 0 aromatic rings. The van der Waals surface area contributed by atoms with Crippen molar-refractivity contribution in [3.63, 3.8) is 0 Å². The van der Waals surface area contributed by atoms with Crippen LogP contribution in [0.2, 0.25) is 0 Å². The molecule has 2 radical (unpaired) electrons. The summed E-state index contributed by atoms with van der Waals surface area (Å²) in [5.41, 5.74) is -0.773. The van der Waals surface area contributed by atoms with Crippen molar-refractivity contribution in [2.24, 2.45) is 11.3 Å². The summed E-state index contributed by atoms with van der Waals surface area (Å²) < 4.78 is 0. The van der Waals surface area contributed by atoms with Crippen molar-refractivity contribution >= 4 is 12.2 Å². The van der Waals surface area contributed by atoms with E-state index < -0.39 is 5.41 Å². The molecule has 1 aliphatic rings. The van der Waals surface area contributed by atoms with E-state index in [1.165, 1.54) is 0 Å². The predicted molar refractivity (Wildman–Crippen MR) is 44.2 cm³/mol. The zero-order valence-electron chi connectivity index (χ0n) is 7.41. The monoisotopic (exact) mass is 167 g/mol. The lowest BCUT2D eigenvalue weighted by atomic mass is 9.83. The van der Waals surface area contributed by atoms with E-state index in [4.69, 9.17) is 6.92 Å². The molecule has 1 amide bonds. The number of aldehydes is 1. The summed E-state index contributed by atoms with van der Waals surface area (Å²) in [7, 11) is 0. The van der Waals surface area contributed by atoms with Gasteiger partial charge in [-0.2, -0.15) is 0 Å². The van der Waals surface area contributed by atoms with Crippen LogP contribution in [-0.2, 0) is 9.59 Å². The molecule has 1 aliphatic heterocycles. The Labute approximate surface area is 72.7 Å². The number of hydrogen-bond donors (Lipinski definition) is 0. The Kier molecular flexibility index (Phi) is 2.22. The van der Waals surface area contributed by atoms with Crippen molar-refractivity contribution in [1.82, 2.24) is 4.90 Å². The van der Waals surface area contributed by atoms with Gasteiger partial charge in [-0.05, 0) is 6.92 Å². The van der Waals surface area contributed by atoms with Gasteiger partial charge in [-0.15, -0.1) is 0 Å². The van der Waals surface area contributed by atoms with E-state index in [1.54, 1.807) is 4.90 Å². The summed E-state index contributed by atoms with van der Waals surface area (Å²) in [6, 6.07) is 0. The van der Waals surface area contributed by atoms with E-state index in [0.29, 0.717) is 13.1 Å². The molecule has 0 N–H and O–H groups in total. The molecule has 0 bridgehead atoms.